The Balaban J connectivity index is 3.87. The van der Waals surface area contributed by atoms with Crippen LogP contribution in [0.25, 0.3) is 0 Å². The quantitative estimate of drug-likeness (QED) is 0.120. The number of hydrogen-bond acceptors (Lipinski definition) is 1. The smallest absolute Gasteiger partial charge is 0.222 e. The Morgan fingerprint density at radius 1 is 0.406 bits per heavy atom. The highest BCUT2D eigenvalue weighted by molar-refractivity contribution is 5.76. The van der Waals surface area contributed by atoms with Gasteiger partial charge in [-0.25, -0.2) is 0 Å². The van der Waals surface area contributed by atoms with E-state index >= 15 is 0 Å². The number of unbranched alkanes of at least 4 members (excludes halogenated alkanes) is 20. The third kappa shape index (κ3) is 22.7. The highest BCUT2D eigenvalue weighted by Gasteiger charge is 2.12. The minimum absolute atomic E-state index is 0.422. The Morgan fingerprint density at radius 2 is 0.688 bits per heavy atom. The minimum atomic E-state index is 0.422. The molecule has 0 heterocycles. The first-order chi connectivity index (χ1) is 15.8. The summed E-state index contributed by atoms with van der Waals surface area (Å²) in [6, 6.07) is 0. The lowest BCUT2D eigenvalue weighted by molar-refractivity contribution is -0.131. The van der Waals surface area contributed by atoms with Gasteiger partial charge in [-0.1, -0.05) is 149 Å². The van der Waals surface area contributed by atoms with Crippen LogP contribution in [0.5, 0.6) is 0 Å². The number of hydrogen-bond donors (Lipinski definition) is 0. The Bertz CT molecular complexity index is 344. The van der Waals surface area contributed by atoms with Crippen LogP contribution in [0.15, 0.2) is 0 Å². The van der Waals surface area contributed by atoms with E-state index in [9.17, 15) is 4.79 Å². The van der Waals surface area contributed by atoms with E-state index in [2.05, 4.69) is 25.7 Å². The molecule has 0 saturated heterocycles. The first kappa shape index (κ1) is 31.5. The SMILES string of the molecule is CCCCCCCCCCCCN(CCCCCCCCCCCC)C(=O)CCCCC. The fourth-order valence-corrected chi connectivity index (χ4v) is 4.63. The molecule has 0 aliphatic carbocycles. The Kier molecular flexibility index (Phi) is 26.3. The monoisotopic (exact) mass is 451 g/mol. The van der Waals surface area contributed by atoms with Crippen molar-refractivity contribution < 1.29 is 4.79 Å². The van der Waals surface area contributed by atoms with Crippen LogP contribution in [0.3, 0.4) is 0 Å². The van der Waals surface area contributed by atoms with Crippen molar-refractivity contribution in [1.29, 1.82) is 0 Å². The normalized spacial score (nSPS) is 11.2. The van der Waals surface area contributed by atoms with Crippen LogP contribution >= 0.6 is 0 Å². The Hall–Kier alpha value is -0.530. The standard InChI is InChI=1S/C30H61NO/c1-4-7-10-12-14-16-18-20-22-25-28-31(30(32)27-24-9-6-3)29-26-23-21-19-17-15-13-11-8-5-2/h4-29H2,1-3H3. The second kappa shape index (κ2) is 26.7. The molecule has 0 saturated carbocycles. The van der Waals surface area contributed by atoms with Gasteiger partial charge in [0.2, 0.25) is 5.91 Å². The molecule has 0 fully saturated rings. The van der Waals surface area contributed by atoms with Crippen LogP contribution in [0.4, 0.5) is 0 Å². The molecule has 0 atom stereocenters. The molecule has 0 rings (SSSR count). The van der Waals surface area contributed by atoms with Crippen LogP contribution < -0.4 is 0 Å². The fraction of sp³-hybridized carbons (Fsp3) is 0.967. The molecule has 0 aliphatic heterocycles. The maximum atomic E-state index is 12.7. The molecule has 0 unspecified atom stereocenters. The van der Waals surface area contributed by atoms with Crippen molar-refractivity contribution >= 4 is 5.91 Å². The molecule has 0 aromatic carbocycles. The van der Waals surface area contributed by atoms with Crippen LogP contribution in [-0.2, 0) is 4.79 Å². The summed E-state index contributed by atoms with van der Waals surface area (Å²) in [6.45, 7) is 8.79. The number of rotatable bonds is 26. The third-order valence-electron chi connectivity index (χ3n) is 6.91. The van der Waals surface area contributed by atoms with Gasteiger partial charge in [0.25, 0.3) is 0 Å². The minimum Gasteiger partial charge on any atom is -0.343 e. The van der Waals surface area contributed by atoms with Crippen molar-refractivity contribution in [3.8, 4) is 0 Å². The van der Waals surface area contributed by atoms with E-state index in [0.717, 1.165) is 25.9 Å². The number of carbonyl (C=O) groups is 1. The highest BCUT2D eigenvalue weighted by atomic mass is 16.2. The summed E-state index contributed by atoms with van der Waals surface area (Å²) in [5.74, 6) is 0.422. The first-order valence-corrected chi connectivity index (χ1v) is 15.0. The van der Waals surface area contributed by atoms with E-state index in [1.165, 1.54) is 141 Å². The zero-order chi connectivity index (χ0) is 23.5. The highest BCUT2D eigenvalue weighted by Crippen LogP contribution is 2.14. The molecule has 0 N–H and O–H groups in total. The van der Waals surface area contributed by atoms with E-state index < -0.39 is 0 Å². The summed E-state index contributed by atoms with van der Waals surface area (Å²) in [5.41, 5.74) is 0. The Labute approximate surface area is 203 Å². The summed E-state index contributed by atoms with van der Waals surface area (Å²) in [4.78, 5) is 14.9. The average Bonchev–Trinajstić information content (AvgIpc) is 2.80. The molecule has 0 radical (unpaired) electrons. The summed E-state index contributed by atoms with van der Waals surface area (Å²) < 4.78 is 0. The number of carbonyl (C=O) groups excluding carboxylic acids is 1. The van der Waals surface area contributed by atoms with E-state index in [4.69, 9.17) is 0 Å². The third-order valence-corrected chi connectivity index (χ3v) is 6.91. The van der Waals surface area contributed by atoms with Crippen LogP contribution in [0.2, 0.25) is 0 Å². The number of nitrogens with zero attached hydrogens (tertiary/aromatic N) is 1. The largest absolute Gasteiger partial charge is 0.343 e. The molecular weight excluding hydrogens is 390 g/mol. The summed E-state index contributed by atoms with van der Waals surface area (Å²) in [7, 11) is 0. The van der Waals surface area contributed by atoms with Crippen LogP contribution in [-0.4, -0.2) is 23.9 Å². The van der Waals surface area contributed by atoms with Gasteiger partial charge in [0.1, 0.15) is 0 Å². The fourth-order valence-electron chi connectivity index (χ4n) is 4.63. The molecule has 0 aromatic rings. The van der Waals surface area contributed by atoms with E-state index in [-0.39, 0.29) is 0 Å². The summed E-state index contributed by atoms with van der Waals surface area (Å²) in [5, 5.41) is 0. The molecule has 192 valence electrons. The van der Waals surface area contributed by atoms with Crippen molar-refractivity contribution in [2.75, 3.05) is 13.1 Å². The molecular formula is C30H61NO. The van der Waals surface area contributed by atoms with Crippen molar-refractivity contribution in [2.45, 2.75) is 175 Å². The van der Waals surface area contributed by atoms with E-state index in [0.29, 0.717) is 5.91 Å². The molecule has 0 bridgehead atoms. The van der Waals surface area contributed by atoms with Gasteiger partial charge in [-0.05, 0) is 19.3 Å². The molecule has 2 nitrogen and oxygen atoms in total. The second-order valence-corrected chi connectivity index (χ2v) is 10.2. The molecule has 0 aromatic heterocycles. The maximum absolute atomic E-state index is 12.7. The van der Waals surface area contributed by atoms with Gasteiger partial charge >= 0.3 is 0 Å². The van der Waals surface area contributed by atoms with Crippen molar-refractivity contribution in [1.82, 2.24) is 4.90 Å². The van der Waals surface area contributed by atoms with Crippen LogP contribution in [0, 0.1) is 0 Å². The molecule has 32 heavy (non-hydrogen) atoms. The van der Waals surface area contributed by atoms with Gasteiger partial charge in [0.05, 0.1) is 0 Å². The van der Waals surface area contributed by atoms with Crippen molar-refractivity contribution in [3.05, 3.63) is 0 Å². The van der Waals surface area contributed by atoms with Crippen molar-refractivity contribution in [3.63, 3.8) is 0 Å². The van der Waals surface area contributed by atoms with Gasteiger partial charge < -0.3 is 4.90 Å². The van der Waals surface area contributed by atoms with Gasteiger partial charge in [-0.15, -0.1) is 0 Å². The van der Waals surface area contributed by atoms with Gasteiger partial charge in [-0.3, -0.25) is 4.79 Å². The zero-order valence-electron chi connectivity index (χ0n) is 22.7. The Morgan fingerprint density at radius 3 is 1.03 bits per heavy atom. The molecule has 0 aliphatic rings. The molecule has 0 spiro atoms. The van der Waals surface area contributed by atoms with Crippen molar-refractivity contribution in [2.24, 2.45) is 0 Å². The predicted molar refractivity (Wildman–Crippen MR) is 144 cm³/mol. The lowest BCUT2D eigenvalue weighted by Crippen LogP contribution is -2.32. The molecule has 2 heteroatoms. The summed E-state index contributed by atoms with van der Waals surface area (Å²) in [6.07, 6.45) is 31.5. The van der Waals surface area contributed by atoms with Gasteiger partial charge in [0.15, 0.2) is 0 Å². The zero-order valence-corrected chi connectivity index (χ0v) is 22.7. The maximum Gasteiger partial charge on any atom is 0.222 e. The molecule has 1 amide bonds. The number of amides is 1. The lowest BCUT2D eigenvalue weighted by atomic mass is 10.1. The summed E-state index contributed by atoms with van der Waals surface area (Å²) >= 11 is 0. The first-order valence-electron chi connectivity index (χ1n) is 15.0. The van der Waals surface area contributed by atoms with E-state index in [1.54, 1.807) is 0 Å². The topological polar surface area (TPSA) is 20.3 Å². The second-order valence-electron chi connectivity index (χ2n) is 10.2. The van der Waals surface area contributed by atoms with Crippen LogP contribution in [0.1, 0.15) is 175 Å². The lowest BCUT2D eigenvalue weighted by Gasteiger charge is -2.23. The van der Waals surface area contributed by atoms with Gasteiger partial charge in [0, 0.05) is 19.5 Å². The van der Waals surface area contributed by atoms with Gasteiger partial charge in [-0.2, -0.15) is 0 Å². The predicted octanol–water partition coefficient (Wildman–Crippen LogP) is 10.2. The average molecular weight is 452 g/mol. The van der Waals surface area contributed by atoms with E-state index in [1.807, 2.05) is 0 Å².